The van der Waals surface area contributed by atoms with E-state index in [1.54, 1.807) is 4.90 Å². The maximum atomic E-state index is 13.5. The molecule has 0 spiro atoms. The van der Waals surface area contributed by atoms with Crippen LogP contribution in [0.1, 0.15) is 48.3 Å². The monoisotopic (exact) mass is 408 g/mol. The average Bonchev–Trinajstić information content (AvgIpc) is 2.76. The highest BCUT2D eigenvalue weighted by atomic mass is 19.1. The number of ketones is 1. The van der Waals surface area contributed by atoms with Gasteiger partial charge in [0.25, 0.3) is 0 Å². The molecule has 4 rings (SSSR count). The number of hydrogen-bond donors (Lipinski definition) is 0. The van der Waals surface area contributed by atoms with E-state index in [2.05, 4.69) is 31.2 Å². The third-order valence-electron chi connectivity index (χ3n) is 6.47. The zero-order valence-electron chi connectivity index (χ0n) is 17.5. The summed E-state index contributed by atoms with van der Waals surface area (Å²) >= 11 is 0. The second kappa shape index (κ2) is 8.99. The van der Waals surface area contributed by atoms with Gasteiger partial charge in [-0.25, -0.2) is 9.18 Å². The topological polar surface area (TPSA) is 40.6 Å². The maximum absolute atomic E-state index is 13.5. The molecule has 2 aromatic carbocycles. The number of rotatable bonds is 3. The number of aryl methyl sites for hydroxylation is 1. The van der Waals surface area contributed by atoms with Crippen LogP contribution in [0.2, 0.25) is 0 Å². The van der Waals surface area contributed by atoms with E-state index >= 15 is 0 Å². The van der Waals surface area contributed by atoms with E-state index in [9.17, 15) is 14.0 Å². The Morgan fingerprint density at radius 3 is 2.13 bits per heavy atom. The van der Waals surface area contributed by atoms with Crippen LogP contribution in [0.4, 0.5) is 9.18 Å². The number of benzene rings is 2. The van der Waals surface area contributed by atoms with Crippen molar-refractivity contribution in [3.63, 3.8) is 0 Å². The second-order valence-electron chi connectivity index (χ2n) is 8.61. The summed E-state index contributed by atoms with van der Waals surface area (Å²) in [5.74, 6) is 0.489. The van der Waals surface area contributed by atoms with Crippen molar-refractivity contribution in [2.45, 2.75) is 38.5 Å². The Morgan fingerprint density at radius 2 is 1.53 bits per heavy atom. The van der Waals surface area contributed by atoms with Gasteiger partial charge in [0, 0.05) is 32.0 Å². The zero-order valence-corrected chi connectivity index (χ0v) is 17.5. The lowest BCUT2D eigenvalue weighted by Crippen LogP contribution is -2.50. The molecular weight excluding hydrogens is 379 g/mol. The molecule has 2 saturated heterocycles. The summed E-state index contributed by atoms with van der Waals surface area (Å²) in [5.41, 5.74) is 3.57. The Balaban J connectivity index is 1.49. The highest BCUT2D eigenvalue weighted by Gasteiger charge is 2.33. The molecule has 0 aromatic heterocycles. The lowest BCUT2D eigenvalue weighted by molar-refractivity contribution is -0.121. The van der Waals surface area contributed by atoms with Gasteiger partial charge in [0.1, 0.15) is 5.82 Å². The van der Waals surface area contributed by atoms with Gasteiger partial charge >= 0.3 is 6.03 Å². The minimum absolute atomic E-state index is 0.00447. The predicted octanol–water partition coefficient (Wildman–Crippen LogP) is 4.76. The summed E-state index contributed by atoms with van der Waals surface area (Å²) in [6.07, 6.45) is 3.13. The third-order valence-corrected chi connectivity index (χ3v) is 6.47. The van der Waals surface area contributed by atoms with Gasteiger partial charge in [-0.3, -0.25) is 4.79 Å². The van der Waals surface area contributed by atoms with E-state index in [1.807, 2.05) is 17.0 Å². The van der Waals surface area contributed by atoms with Crippen LogP contribution in [0, 0.1) is 18.7 Å². The summed E-state index contributed by atoms with van der Waals surface area (Å²) in [6.45, 7) is 4.38. The standard InChI is InChI=1S/C25H29FN2O2/c1-18-4-6-19(7-5-18)24(20-8-10-22(26)11-9-20)21-12-15-27(16-13-21)25(30)28-14-2-3-23(29)17-28/h4-11,21,24H,2-3,12-17H2,1H3. The van der Waals surface area contributed by atoms with Gasteiger partial charge < -0.3 is 9.80 Å². The van der Waals surface area contributed by atoms with Gasteiger partial charge in [0.15, 0.2) is 5.78 Å². The first-order chi connectivity index (χ1) is 14.5. The fraction of sp³-hybridized carbons (Fsp3) is 0.440. The number of carbonyl (C=O) groups excluding carboxylic acids is 2. The summed E-state index contributed by atoms with van der Waals surface area (Å²) in [4.78, 5) is 28.2. The predicted molar refractivity (Wildman–Crippen MR) is 115 cm³/mol. The van der Waals surface area contributed by atoms with Gasteiger partial charge in [-0.1, -0.05) is 42.0 Å². The van der Waals surface area contributed by atoms with Crippen molar-refractivity contribution in [2.75, 3.05) is 26.2 Å². The number of urea groups is 1. The Morgan fingerprint density at radius 1 is 0.933 bits per heavy atom. The molecule has 4 nitrogen and oxygen atoms in total. The Bertz CT molecular complexity index is 841. The Hall–Kier alpha value is -2.69. The molecule has 158 valence electrons. The summed E-state index contributed by atoms with van der Waals surface area (Å²) in [7, 11) is 0. The molecular formula is C25H29FN2O2. The van der Waals surface area contributed by atoms with Gasteiger partial charge in [-0.15, -0.1) is 0 Å². The van der Waals surface area contributed by atoms with Crippen LogP contribution in [0.5, 0.6) is 0 Å². The average molecular weight is 409 g/mol. The second-order valence-corrected chi connectivity index (χ2v) is 8.61. The van der Waals surface area contributed by atoms with Crippen molar-refractivity contribution in [1.29, 1.82) is 0 Å². The lowest BCUT2D eigenvalue weighted by atomic mass is 9.76. The van der Waals surface area contributed by atoms with Crippen LogP contribution in [0.3, 0.4) is 0 Å². The van der Waals surface area contributed by atoms with E-state index in [-0.39, 0.29) is 30.1 Å². The number of Topliss-reactive ketones (excluding diaryl/α,β-unsaturated/α-hetero) is 1. The van der Waals surface area contributed by atoms with Gasteiger partial charge in [0.2, 0.25) is 0 Å². The van der Waals surface area contributed by atoms with Crippen LogP contribution in [0.15, 0.2) is 48.5 Å². The van der Waals surface area contributed by atoms with Crippen LogP contribution in [-0.2, 0) is 4.79 Å². The number of piperidine rings is 2. The molecule has 2 heterocycles. The first kappa shape index (κ1) is 20.6. The quantitative estimate of drug-likeness (QED) is 0.735. The SMILES string of the molecule is Cc1ccc(C(c2ccc(F)cc2)C2CCN(C(=O)N3CCCC(=O)C3)CC2)cc1. The van der Waals surface area contributed by atoms with E-state index in [1.165, 1.54) is 23.3 Å². The third kappa shape index (κ3) is 4.55. The lowest BCUT2D eigenvalue weighted by Gasteiger charge is -2.39. The smallest absolute Gasteiger partial charge is 0.320 e. The van der Waals surface area contributed by atoms with Crippen molar-refractivity contribution in [2.24, 2.45) is 5.92 Å². The number of amides is 2. The minimum Gasteiger partial charge on any atom is -0.325 e. The van der Waals surface area contributed by atoms with E-state index in [0.29, 0.717) is 32.0 Å². The molecule has 2 aromatic rings. The number of nitrogens with zero attached hydrogens (tertiary/aromatic N) is 2. The largest absolute Gasteiger partial charge is 0.325 e. The van der Waals surface area contributed by atoms with E-state index in [4.69, 9.17) is 0 Å². The van der Waals surface area contributed by atoms with Crippen LogP contribution in [0.25, 0.3) is 0 Å². The van der Waals surface area contributed by atoms with E-state index in [0.717, 1.165) is 24.8 Å². The number of hydrogen-bond acceptors (Lipinski definition) is 2. The molecule has 1 atom stereocenters. The van der Waals surface area contributed by atoms with Gasteiger partial charge in [-0.05, 0) is 55.4 Å². The molecule has 2 amide bonds. The van der Waals surface area contributed by atoms with Crippen molar-refractivity contribution in [1.82, 2.24) is 9.80 Å². The molecule has 0 N–H and O–H groups in total. The fourth-order valence-electron chi connectivity index (χ4n) is 4.81. The van der Waals surface area contributed by atoms with E-state index < -0.39 is 0 Å². The highest BCUT2D eigenvalue weighted by molar-refractivity contribution is 5.86. The van der Waals surface area contributed by atoms with Crippen molar-refractivity contribution < 1.29 is 14.0 Å². The van der Waals surface area contributed by atoms with Crippen molar-refractivity contribution in [3.8, 4) is 0 Å². The van der Waals surface area contributed by atoms with Crippen molar-refractivity contribution >= 4 is 11.8 Å². The van der Waals surface area contributed by atoms with Crippen LogP contribution < -0.4 is 0 Å². The highest BCUT2D eigenvalue weighted by Crippen LogP contribution is 2.38. The molecule has 2 aliphatic heterocycles. The van der Waals surface area contributed by atoms with Crippen molar-refractivity contribution in [3.05, 3.63) is 71.0 Å². The number of carbonyl (C=O) groups is 2. The van der Waals surface area contributed by atoms with Crippen LogP contribution in [-0.4, -0.2) is 47.8 Å². The van der Waals surface area contributed by atoms with Gasteiger partial charge in [-0.2, -0.15) is 0 Å². The molecule has 0 radical (unpaired) electrons. The molecule has 0 bridgehead atoms. The fourth-order valence-corrected chi connectivity index (χ4v) is 4.81. The Labute approximate surface area is 177 Å². The summed E-state index contributed by atoms with van der Waals surface area (Å²) in [5, 5.41) is 0. The molecule has 2 fully saturated rings. The minimum atomic E-state index is -0.224. The number of halogens is 1. The van der Waals surface area contributed by atoms with Crippen LogP contribution >= 0.6 is 0 Å². The molecule has 30 heavy (non-hydrogen) atoms. The molecule has 0 aliphatic carbocycles. The first-order valence-electron chi connectivity index (χ1n) is 10.9. The molecule has 5 heteroatoms. The zero-order chi connectivity index (χ0) is 21.1. The summed E-state index contributed by atoms with van der Waals surface area (Å²) < 4.78 is 13.5. The molecule has 1 unspecified atom stereocenters. The number of likely N-dealkylation sites (tertiary alicyclic amines) is 2. The maximum Gasteiger partial charge on any atom is 0.320 e. The normalized spacial score (nSPS) is 19.1. The Kier molecular flexibility index (Phi) is 6.16. The first-order valence-corrected chi connectivity index (χ1v) is 10.9. The molecule has 0 saturated carbocycles. The molecule has 2 aliphatic rings. The van der Waals surface area contributed by atoms with Gasteiger partial charge in [0.05, 0.1) is 6.54 Å². The summed E-state index contributed by atoms with van der Waals surface area (Å²) in [6, 6.07) is 15.4.